The van der Waals surface area contributed by atoms with Crippen LogP contribution >= 0.6 is 11.3 Å². The minimum absolute atomic E-state index is 0.0657. The first-order valence-electron chi connectivity index (χ1n) is 10.4. The van der Waals surface area contributed by atoms with Crippen molar-refractivity contribution in [1.29, 1.82) is 0 Å². The van der Waals surface area contributed by atoms with Crippen LogP contribution < -0.4 is 4.72 Å². The molecule has 0 fully saturated rings. The van der Waals surface area contributed by atoms with Crippen molar-refractivity contribution < 1.29 is 8.42 Å². The SMILES string of the molecule is CC(C)[C@H](NS(C)(=O)=O)c1nnc2n1CCN(Cc1cnc(-c3ccccc3)s1)CC2. The van der Waals surface area contributed by atoms with Crippen molar-refractivity contribution >= 4 is 21.4 Å². The van der Waals surface area contributed by atoms with Crippen LogP contribution in [0.25, 0.3) is 10.6 Å². The molecule has 1 atom stereocenters. The van der Waals surface area contributed by atoms with E-state index >= 15 is 0 Å². The van der Waals surface area contributed by atoms with Crippen molar-refractivity contribution in [3.8, 4) is 10.6 Å². The van der Waals surface area contributed by atoms with Crippen LogP contribution in [0.2, 0.25) is 0 Å². The van der Waals surface area contributed by atoms with Gasteiger partial charge in [0.05, 0.1) is 12.3 Å². The van der Waals surface area contributed by atoms with Gasteiger partial charge in [-0.3, -0.25) is 4.90 Å². The van der Waals surface area contributed by atoms with Crippen LogP contribution in [0.4, 0.5) is 0 Å². The lowest BCUT2D eigenvalue weighted by Crippen LogP contribution is -2.33. The summed E-state index contributed by atoms with van der Waals surface area (Å²) in [6, 6.07) is 9.84. The van der Waals surface area contributed by atoms with Crippen molar-refractivity contribution in [3.05, 3.63) is 53.1 Å². The third-order valence-corrected chi connectivity index (χ3v) is 7.10. The summed E-state index contributed by atoms with van der Waals surface area (Å²) in [5.41, 5.74) is 1.14. The van der Waals surface area contributed by atoms with E-state index in [0.717, 1.165) is 49.0 Å². The molecular formula is C21H28N6O2S2. The third-order valence-electron chi connectivity index (χ3n) is 5.39. The largest absolute Gasteiger partial charge is 0.312 e. The van der Waals surface area contributed by atoms with Gasteiger partial charge < -0.3 is 4.57 Å². The zero-order valence-electron chi connectivity index (χ0n) is 18.0. The lowest BCUT2D eigenvalue weighted by Gasteiger charge is -2.22. The van der Waals surface area contributed by atoms with Crippen molar-refractivity contribution in [1.82, 2.24) is 29.4 Å². The zero-order chi connectivity index (χ0) is 22.0. The average Bonchev–Trinajstić information content (AvgIpc) is 3.30. The van der Waals surface area contributed by atoms with Crippen LogP contribution in [-0.4, -0.2) is 52.4 Å². The number of sulfonamides is 1. The second kappa shape index (κ2) is 9.15. The van der Waals surface area contributed by atoms with E-state index < -0.39 is 16.1 Å². The van der Waals surface area contributed by atoms with E-state index in [1.165, 1.54) is 11.1 Å². The van der Waals surface area contributed by atoms with E-state index in [1.54, 1.807) is 11.3 Å². The highest BCUT2D eigenvalue weighted by Crippen LogP contribution is 2.27. The molecule has 10 heteroatoms. The number of hydrogen-bond donors (Lipinski definition) is 1. The first kappa shape index (κ1) is 22.1. The molecule has 8 nitrogen and oxygen atoms in total. The summed E-state index contributed by atoms with van der Waals surface area (Å²) < 4.78 is 28.5. The molecule has 0 spiro atoms. The van der Waals surface area contributed by atoms with Gasteiger partial charge in [0.15, 0.2) is 5.82 Å². The van der Waals surface area contributed by atoms with E-state index in [9.17, 15) is 8.42 Å². The number of benzene rings is 1. The van der Waals surface area contributed by atoms with Crippen LogP contribution in [-0.2, 0) is 29.5 Å². The molecule has 0 aliphatic carbocycles. The van der Waals surface area contributed by atoms with E-state index in [2.05, 4.69) is 41.5 Å². The Kier molecular flexibility index (Phi) is 6.52. The van der Waals surface area contributed by atoms with E-state index in [0.29, 0.717) is 5.82 Å². The number of fused-ring (bicyclic) bond motifs is 1. The van der Waals surface area contributed by atoms with Gasteiger partial charge >= 0.3 is 0 Å². The molecule has 31 heavy (non-hydrogen) atoms. The van der Waals surface area contributed by atoms with Crippen molar-refractivity contribution in [2.45, 2.75) is 39.4 Å². The maximum absolute atomic E-state index is 11.9. The number of nitrogens with zero attached hydrogens (tertiary/aromatic N) is 5. The minimum atomic E-state index is -3.35. The Morgan fingerprint density at radius 2 is 1.90 bits per heavy atom. The quantitative estimate of drug-likeness (QED) is 0.583. The molecule has 0 amide bonds. The molecule has 0 bridgehead atoms. The molecule has 0 saturated carbocycles. The standard InChI is InChI=1S/C21H28N6O2S2/c1-15(2)19(25-31(3,28)29)20-24-23-18-9-10-26(11-12-27(18)20)14-17-13-22-21(30-17)16-7-5-4-6-8-16/h4-8,13,15,19,25H,9-12,14H2,1-3H3/t19-/m0/s1. The number of rotatable bonds is 7. The van der Waals surface area contributed by atoms with Gasteiger partial charge in [0, 0.05) is 49.2 Å². The first-order chi connectivity index (χ1) is 14.8. The molecule has 1 aliphatic heterocycles. The molecule has 1 N–H and O–H groups in total. The summed E-state index contributed by atoms with van der Waals surface area (Å²) >= 11 is 1.73. The van der Waals surface area contributed by atoms with E-state index in [4.69, 9.17) is 0 Å². The van der Waals surface area contributed by atoms with E-state index in [1.807, 2.05) is 38.2 Å². The van der Waals surface area contributed by atoms with Gasteiger partial charge in [-0.05, 0) is 5.92 Å². The highest BCUT2D eigenvalue weighted by molar-refractivity contribution is 7.88. The van der Waals surface area contributed by atoms with Crippen molar-refractivity contribution in [2.75, 3.05) is 19.3 Å². The fourth-order valence-corrected chi connectivity index (χ4v) is 5.61. The van der Waals surface area contributed by atoms with Gasteiger partial charge in [-0.1, -0.05) is 44.2 Å². The molecule has 3 aromatic rings. The Hall–Kier alpha value is -2.14. The lowest BCUT2D eigenvalue weighted by atomic mass is 10.1. The van der Waals surface area contributed by atoms with Gasteiger partial charge in [0.25, 0.3) is 0 Å². The summed E-state index contributed by atoms with van der Waals surface area (Å²) in [6.45, 7) is 7.27. The maximum Gasteiger partial charge on any atom is 0.209 e. The molecule has 4 rings (SSSR count). The molecule has 0 saturated heterocycles. The van der Waals surface area contributed by atoms with Crippen LogP contribution in [0.1, 0.15) is 36.4 Å². The summed E-state index contributed by atoms with van der Waals surface area (Å²) in [7, 11) is -3.35. The minimum Gasteiger partial charge on any atom is -0.312 e. The molecule has 2 aromatic heterocycles. The number of hydrogen-bond acceptors (Lipinski definition) is 7. The Labute approximate surface area is 187 Å². The lowest BCUT2D eigenvalue weighted by molar-refractivity contribution is 0.271. The molecule has 1 aromatic carbocycles. The Balaban J connectivity index is 1.46. The summed E-state index contributed by atoms with van der Waals surface area (Å²) in [4.78, 5) is 8.22. The second-order valence-electron chi connectivity index (χ2n) is 8.26. The molecular weight excluding hydrogens is 432 g/mol. The monoisotopic (exact) mass is 460 g/mol. The topological polar surface area (TPSA) is 93.0 Å². The molecule has 3 heterocycles. The molecule has 1 aliphatic rings. The Morgan fingerprint density at radius 3 is 2.61 bits per heavy atom. The zero-order valence-corrected chi connectivity index (χ0v) is 19.7. The molecule has 0 radical (unpaired) electrons. The van der Waals surface area contributed by atoms with Crippen LogP contribution in [0.15, 0.2) is 36.5 Å². The van der Waals surface area contributed by atoms with E-state index in [-0.39, 0.29) is 5.92 Å². The Bertz CT molecular complexity index is 1120. The number of nitrogens with one attached hydrogen (secondary N) is 1. The smallest absolute Gasteiger partial charge is 0.209 e. The molecule has 0 unspecified atom stereocenters. The maximum atomic E-state index is 11.9. The predicted molar refractivity (Wildman–Crippen MR) is 122 cm³/mol. The fourth-order valence-electron chi connectivity index (χ4n) is 3.81. The second-order valence-corrected chi connectivity index (χ2v) is 11.2. The summed E-state index contributed by atoms with van der Waals surface area (Å²) in [5.74, 6) is 1.67. The summed E-state index contributed by atoms with van der Waals surface area (Å²) in [6.07, 6.45) is 3.93. The third kappa shape index (κ3) is 5.38. The summed E-state index contributed by atoms with van der Waals surface area (Å²) in [5, 5.41) is 9.77. The van der Waals surface area contributed by atoms with Gasteiger partial charge in [-0.2, -0.15) is 0 Å². The number of thiazole rings is 1. The van der Waals surface area contributed by atoms with Gasteiger partial charge in [0.1, 0.15) is 10.8 Å². The van der Waals surface area contributed by atoms with Crippen molar-refractivity contribution in [2.24, 2.45) is 5.92 Å². The van der Waals surface area contributed by atoms with Gasteiger partial charge in [-0.25, -0.2) is 18.1 Å². The predicted octanol–water partition coefficient (Wildman–Crippen LogP) is 2.71. The van der Waals surface area contributed by atoms with Gasteiger partial charge in [0.2, 0.25) is 10.0 Å². The first-order valence-corrected chi connectivity index (χ1v) is 13.1. The normalized spacial score (nSPS) is 16.3. The molecule has 166 valence electrons. The van der Waals surface area contributed by atoms with Crippen LogP contribution in [0, 0.1) is 5.92 Å². The van der Waals surface area contributed by atoms with Crippen molar-refractivity contribution in [3.63, 3.8) is 0 Å². The van der Waals surface area contributed by atoms with Gasteiger partial charge in [-0.15, -0.1) is 21.5 Å². The van der Waals surface area contributed by atoms with Crippen LogP contribution in [0.3, 0.4) is 0 Å². The average molecular weight is 461 g/mol. The Morgan fingerprint density at radius 1 is 1.13 bits per heavy atom. The fraction of sp³-hybridized carbons (Fsp3) is 0.476. The highest BCUT2D eigenvalue weighted by atomic mass is 32.2. The van der Waals surface area contributed by atoms with Crippen LogP contribution in [0.5, 0.6) is 0 Å². The number of aromatic nitrogens is 4. The highest BCUT2D eigenvalue weighted by Gasteiger charge is 2.28.